The molecule has 0 aliphatic heterocycles. The fourth-order valence-corrected chi connectivity index (χ4v) is 1.36. The van der Waals surface area contributed by atoms with Gasteiger partial charge in [-0.1, -0.05) is 13.0 Å². The van der Waals surface area contributed by atoms with Gasteiger partial charge in [-0.3, -0.25) is 9.78 Å². The number of aryl methyl sites for hydroxylation is 1. The van der Waals surface area contributed by atoms with E-state index in [0.717, 1.165) is 17.7 Å². The fourth-order valence-electron chi connectivity index (χ4n) is 1.36. The average molecular weight is 243 g/mol. The lowest BCUT2D eigenvalue weighted by atomic mass is 10.3. The van der Waals surface area contributed by atoms with Crippen molar-refractivity contribution in [2.45, 2.75) is 13.3 Å². The zero-order chi connectivity index (χ0) is 12.8. The fraction of sp³-hybridized carbons (Fsp3) is 0.154. The van der Waals surface area contributed by atoms with E-state index in [4.69, 9.17) is 4.42 Å². The van der Waals surface area contributed by atoms with Crippen molar-refractivity contribution in [1.29, 1.82) is 0 Å². The van der Waals surface area contributed by atoms with Crippen molar-refractivity contribution in [2.75, 3.05) is 0 Å². The molecule has 2 aromatic rings. The average Bonchev–Trinajstić information content (AvgIpc) is 2.89. The molecule has 5 heteroatoms. The van der Waals surface area contributed by atoms with Crippen LogP contribution in [-0.4, -0.2) is 17.1 Å². The third-order valence-corrected chi connectivity index (χ3v) is 2.30. The van der Waals surface area contributed by atoms with Crippen LogP contribution in [0.2, 0.25) is 0 Å². The van der Waals surface area contributed by atoms with Crippen LogP contribution in [0.25, 0.3) is 0 Å². The second-order valence-corrected chi connectivity index (χ2v) is 3.60. The molecule has 0 atom stereocenters. The van der Waals surface area contributed by atoms with Crippen LogP contribution in [0.15, 0.2) is 46.2 Å². The summed E-state index contributed by atoms with van der Waals surface area (Å²) < 4.78 is 5.30. The Balaban J connectivity index is 1.94. The first-order valence-electron chi connectivity index (χ1n) is 5.61. The van der Waals surface area contributed by atoms with Crippen LogP contribution in [0.3, 0.4) is 0 Å². The molecule has 0 unspecified atom stereocenters. The molecule has 1 amide bonds. The number of hydrogen-bond acceptors (Lipinski definition) is 4. The molecular formula is C13H13N3O2. The lowest BCUT2D eigenvalue weighted by Gasteiger charge is -1.95. The molecule has 0 radical (unpaired) electrons. The number of nitrogens with one attached hydrogen (secondary N) is 1. The van der Waals surface area contributed by atoms with Crippen molar-refractivity contribution in [2.24, 2.45) is 5.10 Å². The van der Waals surface area contributed by atoms with E-state index in [2.05, 4.69) is 15.5 Å². The summed E-state index contributed by atoms with van der Waals surface area (Å²) in [4.78, 5) is 15.6. The predicted octanol–water partition coefficient (Wildman–Crippen LogP) is 2.00. The lowest BCUT2D eigenvalue weighted by Crippen LogP contribution is -2.16. The van der Waals surface area contributed by atoms with Gasteiger partial charge in [0.15, 0.2) is 5.76 Å². The molecule has 92 valence electrons. The van der Waals surface area contributed by atoms with Crippen LogP contribution in [0.5, 0.6) is 0 Å². The number of aromatic nitrogens is 1. The summed E-state index contributed by atoms with van der Waals surface area (Å²) in [5.74, 6) is 0.668. The number of nitrogens with zero attached hydrogens (tertiary/aromatic N) is 2. The highest BCUT2D eigenvalue weighted by molar-refractivity contribution is 5.92. The SMILES string of the molecule is CCc1ccc(C(=O)NN=Cc2cccnc2)o1. The van der Waals surface area contributed by atoms with E-state index in [-0.39, 0.29) is 11.7 Å². The molecule has 0 aliphatic carbocycles. The van der Waals surface area contributed by atoms with Gasteiger partial charge in [0.25, 0.3) is 0 Å². The van der Waals surface area contributed by atoms with Gasteiger partial charge in [0.1, 0.15) is 5.76 Å². The van der Waals surface area contributed by atoms with E-state index in [1.54, 1.807) is 30.6 Å². The van der Waals surface area contributed by atoms with Gasteiger partial charge in [-0.15, -0.1) is 0 Å². The van der Waals surface area contributed by atoms with Gasteiger partial charge in [-0.05, 0) is 18.2 Å². The minimum atomic E-state index is -0.366. The van der Waals surface area contributed by atoms with Crippen LogP contribution >= 0.6 is 0 Å². The Morgan fingerprint density at radius 3 is 3.06 bits per heavy atom. The zero-order valence-electron chi connectivity index (χ0n) is 9.96. The van der Waals surface area contributed by atoms with Crippen LogP contribution in [0.1, 0.15) is 28.8 Å². The van der Waals surface area contributed by atoms with Crippen molar-refractivity contribution in [3.05, 3.63) is 53.7 Å². The molecule has 0 saturated heterocycles. The molecule has 18 heavy (non-hydrogen) atoms. The Morgan fingerprint density at radius 2 is 2.39 bits per heavy atom. The van der Waals surface area contributed by atoms with Crippen molar-refractivity contribution < 1.29 is 9.21 Å². The molecular weight excluding hydrogens is 230 g/mol. The normalized spacial score (nSPS) is 10.7. The zero-order valence-corrected chi connectivity index (χ0v) is 9.96. The maximum Gasteiger partial charge on any atom is 0.307 e. The van der Waals surface area contributed by atoms with E-state index >= 15 is 0 Å². The molecule has 0 fully saturated rings. The number of furan rings is 1. The highest BCUT2D eigenvalue weighted by Crippen LogP contribution is 2.07. The Kier molecular flexibility index (Phi) is 3.86. The minimum Gasteiger partial charge on any atom is -0.456 e. The Labute approximate surface area is 105 Å². The van der Waals surface area contributed by atoms with Gasteiger partial charge in [-0.2, -0.15) is 5.10 Å². The largest absolute Gasteiger partial charge is 0.456 e. The molecule has 5 nitrogen and oxygen atoms in total. The Hall–Kier alpha value is -2.43. The van der Waals surface area contributed by atoms with Gasteiger partial charge >= 0.3 is 5.91 Å². The van der Waals surface area contributed by atoms with Gasteiger partial charge in [0.2, 0.25) is 0 Å². The molecule has 1 N–H and O–H groups in total. The quantitative estimate of drug-likeness (QED) is 0.659. The summed E-state index contributed by atoms with van der Waals surface area (Å²) in [7, 11) is 0. The lowest BCUT2D eigenvalue weighted by molar-refractivity contribution is 0.0926. The first-order valence-corrected chi connectivity index (χ1v) is 5.61. The number of carbonyl (C=O) groups is 1. The number of rotatable bonds is 4. The maximum absolute atomic E-state index is 11.6. The monoisotopic (exact) mass is 243 g/mol. The second kappa shape index (κ2) is 5.77. The first-order chi connectivity index (χ1) is 8.79. The van der Waals surface area contributed by atoms with Crippen LogP contribution < -0.4 is 5.43 Å². The molecule has 0 aliphatic rings. The molecule has 0 aromatic carbocycles. The molecule has 2 rings (SSSR count). The summed E-state index contributed by atoms with van der Waals surface area (Å²) in [6.07, 6.45) is 5.60. The van der Waals surface area contributed by atoms with Crippen LogP contribution in [0, 0.1) is 0 Å². The smallest absolute Gasteiger partial charge is 0.307 e. The topological polar surface area (TPSA) is 67.5 Å². The number of pyridine rings is 1. The van der Waals surface area contributed by atoms with Crippen molar-refractivity contribution in [3.8, 4) is 0 Å². The van der Waals surface area contributed by atoms with Gasteiger partial charge in [-0.25, -0.2) is 5.43 Å². The summed E-state index contributed by atoms with van der Waals surface area (Å²) in [5, 5.41) is 3.83. The van der Waals surface area contributed by atoms with Gasteiger partial charge in [0.05, 0.1) is 6.21 Å². The molecule has 0 bridgehead atoms. The second-order valence-electron chi connectivity index (χ2n) is 3.60. The summed E-state index contributed by atoms with van der Waals surface area (Å²) in [6, 6.07) is 7.04. The highest BCUT2D eigenvalue weighted by atomic mass is 16.4. The first kappa shape index (κ1) is 12.0. The van der Waals surface area contributed by atoms with E-state index in [1.807, 2.05) is 13.0 Å². The van der Waals surface area contributed by atoms with Crippen molar-refractivity contribution >= 4 is 12.1 Å². The third-order valence-electron chi connectivity index (χ3n) is 2.30. The van der Waals surface area contributed by atoms with Gasteiger partial charge < -0.3 is 4.42 Å². The molecule has 0 saturated carbocycles. The predicted molar refractivity (Wildman–Crippen MR) is 67.4 cm³/mol. The standard InChI is InChI=1S/C13H13N3O2/c1-2-11-5-6-12(18-11)13(17)16-15-9-10-4-3-7-14-8-10/h3-9H,2H2,1H3,(H,16,17). The number of hydrogen-bond donors (Lipinski definition) is 1. The van der Waals surface area contributed by atoms with E-state index in [0.29, 0.717) is 0 Å². The molecule has 2 aromatic heterocycles. The van der Waals surface area contributed by atoms with Gasteiger partial charge in [0, 0.05) is 24.4 Å². The summed E-state index contributed by atoms with van der Waals surface area (Å²) in [5.41, 5.74) is 3.21. The number of amides is 1. The Bertz CT molecular complexity index is 546. The summed E-state index contributed by atoms with van der Waals surface area (Å²) >= 11 is 0. The maximum atomic E-state index is 11.6. The van der Waals surface area contributed by atoms with E-state index in [1.165, 1.54) is 6.21 Å². The number of hydrazone groups is 1. The highest BCUT2D eigenvalue weighted by Gasteiger charge is 2.08. The van der Waals surface area contributed by atoms with Crippen LogP contribution in [-0.2, 0) is 6.42 Å². The van der Waals surface area contributed by atoms with E-state index < -0.39 is 0 Å². The van der Waals surface area contributed by atoms with Crippen LogP contribution in [0.4, 0.5) is 0 Å². The Morgan fingerprint density at radius 1 is 1.50 bits per heavy atom. The molecule has 0 spiro atoms. The summed E-state index contributed by atoms with van der Waals surface area (Å²) in [6.45, 7) is 1.96. The number of carbonyl (C=O) groups excluding carboxylic acids is 1. The minimum absolute atomic E-state index is 0.259. The van der Waals surface area contributed by atoms with E-state index in [9.17, 15) is 4.79 Å². The third kappa shape index (κ3) is 3.04. The van der Waals surface area contributed by atoms with Crippen molar-refractivity contribution in [3.63, 3.8) is 0 Å². The van der Waals surface area contributed by atoms with Crippen molar-refractivity contribution in [1.82, 2.24) is 10.4 Å². The molecule has 2 heterocycles.